The molecule has 0 aliphatic carbocycles. The van der Waals surface area contributed by atoms with Gasteiger partial charge in [-0.15, -0.1) is 0 Å². The highest BCUT2D eigenvalue weighted by molar-refractivity contribution is 6.00. The lowest BCUT2D eigenvalue weighted by atomic mass is 9.97. The van der Waals surface area contributed by atoms with Crippen molar-refractivity contribution in [2.24, 2.45) is 0 Å². The average Bonchev–Trinajstić information content (AvgIpc) is 3.04. The van der Waals surface area contributed by atoms with Crippen molar-refractivity contribution in [1.82, 2.24) is 10.2 Å². The molecule has 10 nitrogen and oxygen atoms in total. The second-order valence-electron chi connectivity index (χ2n) is 11.5. The zero-order valence-corrected chi connectivity index (χ0v) is 26.7. The van der Waals surface area contributed by atoms with Crippen LogP contribution < -0.4 is 20.3 Å². The number of nitrogens with zero attached hydrogens (tertiary/aromatic N) is 2. The quantitative estimate of drug-likeness (QED) is 0.0978. The van der Waals surface area contributed by atoms with E-state index in [2.05, 4.69) is 10.6 Å². The maximum absolute atomic E-state index is 16.3. The summed E-state index contributed by atoms with van der Waals surface area (Å²) in [5, 5.41) is 14.2. The van der Waals surface area contributed by atoms with Crippen LogP contribution in [-0.4, -0.2) is 41.1 Å². The van der Waals surface area contributed by atoms with Gasteiger partial charge in [-0.25, -0.2) is 31.5 Å². The first-order chi connectivity index (χ1) is 23.6. The summed E-state index contributed by atoms with van der Waals surface area (Å²) in [5.74, 6) is -7.66. The molecule has 5 rings (SSSR count). The van der Waals surface area contributed by atoms with Crippen LogP contribution in [0.1, 0.15) is 58.1 Å². The molecule has 4 amide bonds. The van der Waals surface area contributed by atoms with Gasteiger partial charge in [-0.2, -0.15) is 0 Å². The van der Waals surface area contributed by atoms with Gasteiger partial charge in [0.05, 0.1) is 18.3 Å². The van der Waals surface area contributed by atoms with Crippen LogP contribution in [0.2, 0.25) is 0 Å². The number of benzene rings is 4. The summed E-state index contributed by atoms with van der Waals surface area (Å²) in [7, 11) is 1.47. The van der Waals surface area contributed by atoms with Crippen LogP contribution in [0.15, 0.2) is 60.7 Å². The standard InChI is InChI=1S/C35H29F5N4O6/c1-17-23-9-6-20(33(46)41-15-25-27(37)12-21(36)13-28(25)38)11-30(23)44(34(47)43(17)3)16-26-29(39)14-31(50-35(48)49)24(32(26)40)10-19-4-7-22(8-5-19)42-18(2)45/h4-9,11-14,17H,10,15-16H2,1-3H3,(H,41,46)(H,42,45)(H,48,49)/t17-/m0/s1. The summed E-state index contributed by atoms with van der Waals surface area (Å²) in [6.07, 6.45) is -2.08. The van der Waals surface area contributed by atoms with E-state index < -0.39 is 83.2 Å². The summed E-state index contributed by atoms with van der Waals surface area (Å²) in [6, 6.07) is 10.8. The molecule has 50 heavy (non-hydrogen) atoms. The van der Waals surface area contributed by atoms with E-state index in [-0.39, 0.29) is 29.1 Å². The van der Waals surface area contributed by atoms with Crippen molar-refractivity contribution < 1.29 is 51.0 Å². The van der Waals surface area contributed by atoms with E-state index in [0.29, 0.717) is 35.0 Å². The van der Waals surface area contributed by atoms with E-state index in [1.165, 1.54) is 49.2 Å². The minimum Gasteiger partial charge on any atom is -0.449 e. The molecule has 0 saturated heterocycles. The molecule has 0 spiro atoms. The summed E-state index contributed by atoms with van der Waals surface area (Å²) < 4.78 is 78.2. The Bertz CT molecular complexity index is 2000. The average molecular weight is 697 g/mol. The van der Waals surface area contributed by atoms with E-state index in [4.69, 9.17) is 4.74 Å². The highest BCUT2D eigenvalue weighted by atomic mass is 19.2. The molecule has 4 aromatic carbocycles. The van der Waals surface area contributed by atoms with E-state index in [1.54, 1.807) is 19.1 Å². The van der Waals surface area contributed by atoms with Gasteiger partial charge in [0.1, 0.15) is 34.8 Å². The predicted octanol–water partition coefficient (Wildman–Crippen LogP) is 7.05. The number of carbonyl (C=O) groups is 4. The Hall–Kier alpha value is -5.99. The number of urea groups is 1. The maximum atomic E-state index is 16.3. The van der Waals surface area contributed by atoms with Crippen LogP contribution in [0, 0.1) is 29.1 Å². The molecule has 15 heteroatoms. The number of amides is 4. The summed E-state index contributed by atoms with van der Waals surface area (Å²) in [6.45, 7) is 1.69. The fraction of sp³-hybridized carbons (Fsp3) is 0.200. The number of carbonyl (C=O) groups excluding carboxylic acids is 3. The third-order valence-corrected chi connectivity index (χ3v) is 8.22. The minimum absolute atomic E-state index is 0.0595. The van der Waals surface area contributed by atoms with E-state index in [9.17, 15) is 37.5 Å². The largest absolute Gasteiger partial charge is 0.511 e. The first kappa shape index (κ1) is 35.3. The van der Waals surface area contributed by atoms with Crippen LogP contribution in [0.3, 0.4) is 0 Å². The first-order valence-electron chi connectivity index (χ1n) is 15.0. The van der Waals surface area contributed by atoms with Crippen LogP contribution in [0.25, 0.3) is 0 Å². The lowest BCUT2D eigenvalue weighted by molar-refractivity contribution is -0.114. The van der Waals surface area contributed by atoms with Gasteiger partial charge in [-0.1, -0.05) is 18.2 Å². The second kappa shape index (κ2) is 14.2. The van der Waals surface area contributed by atoms with Gasteiger partial charge in [0.25, 0.3) is 5.91 Å². The molecule has 0 saturated carbocycles. The molecule has 0 aromatic heterocycles. The molecule has 1 aliphatic heterocycles. The molecular formula is C35H29F5N4O6. The van der Waals surface area contributed by atoms with Crippen LogP contribution in [0.4, 0.5) is 42.9 Å². The zero-order valence-electron chi connectivity index (χ0n) is 26.7. The number of ether oxygens (including phenoxy) is 1. The highest BCUT2D eigenvalue weighted by Crippen LogP contribution is 2.39. The van der Waals surface area contributed by atoms with E-state index >= 15 is 8.78 Å². The lowest BCUT2D eigenvalue weighted by Gasteiger charge is -2.40. The summed E-state index contributed by atoms with van der Waals surface area (Å²) in [5.41, 5.74) is -0.0384. The first-order valence-corrected chi connectivity index (χ1v) is 15.0. The molecule has 0 unspecified atom stereocenters. The lowest BCUT2D eigenvalue weighted by Crippen LogP contribution is -2.47. The molecule has 260 valence electrons. The number of carboxylic acid groups (broad SMARTS) is 1. The zero-order chi connectivity index (χ0) is 36.4. The van der Waals surface area contributed by atoms with Crippen molar-refractivity contribution in [3.63, 3.8) is 0 Å². The van der Waals surface area contributed by atoms with Gasteiger partial charge in [0.15, 0.2) is 0 Å². The number of halogens is 5. The summed E-state index contributed by atoms with van der Waals surface area (Å²) >= 11 is 0. The van der Waals surface area contributed by atoms with E-state index in [0.717, 1.165) is 4.90 Å². The fourth-order valence-corrected chi connectivity index (χ4v) is 5.55. The van der Waals surface area contributed by atoms with Gasteiger partial charge in [0.2, 0.25) is 5.91 Å². The molecule has 4 aromatic rings. The van der Waals surface area contributed by atoms with Crippen molar-refractivity contribution >= 4 is 35.4 Å². The Morgan fingerprint density at radius 1 is 0.880 bits per heavy atom. The van der Waals surface area contributed by atoms with Gasteiger partial charge in [-0.3, -0.25) is 14.5 Å². The fourth-order valence-electron chi connectivity index (χ4n) is 5.55. The predicted molar refractivity (Wildman–Crippen MR) is 170 cm³/mol. The number of fused-ring (bicyclic) bond motifs is 1. The van der Waals surface area contributed by atoms with Crippen molar-refractivity contribution in [3.8, 4) is 5.75 Å². The van der Waals surface area contributed by atoms with Crippen molar-refractivity contribution in [1.29, 1.82) is 0 Å². The Labute approximate surface area is 282 Å². The van der Waals surface area contributed by atoms with Crippen molar-refractivity contribution in [2.45, 2.75) is 39.4 Å². The minimum atomic E-state index is -1.81. The molecule has 0 radical (unpaired) electrons. The van der Waals surface area contributed by atoms with Crippen molar-refractivity contribution in [3.05, 3.63) is 123 Å². The van der Waals surface area contributed by atoms with Gasteiger partial charge in [-0.05, 0) is 42.3 Å². The SMILES string of the molecule is CC(=O)Nc1ccc(Cc2c(OC(=O)O)cc(F)c(CN3C(=O)N(C)[C@@H](C)c4ccc(C(=O)NCc5c(F)cc(F)cc5F)cc43)c2F)cc1. The van der Waals surface area contributed by atoms with Crippen molar-refractivity contribution in [2.75, 3.05) is 17.3 Å². The Morgan fingerprint density at radius 2 is 1.52 bits per heavy atom. The number of rotatable bonds is 9. The number of nitrogens with one attached hydrogen (secondary N) is 2. The van der Waals surface area contributed by atoms with Gasteiger partial charge in [0, 0.05) is 73.1 Å². The van der Waals surface area contributed by atoms with E-state index in [1.807, 2.05) is 0 Å². The number of hydrogen-bond donors (Lipinski definition) is 3. The maximum Gasteiger partial charge on any atom is 0.511 e. The van der Waals surface area contributed by atoms with Gasteiger partial charge >= 0.3 is 12.2 Å². The van der Waals surface area contributed by atoms with Crippen LogP contribution >= 0.6 is 0 Å². The Morgan fingerprint density at radius 3 is 2.14 bits per heavy atom. The molecule has 1 aliphatic rings. The number of anilines is 2. The smallest absolute Gasteiger partial charge is 0.449 e. The van der Waals surface area contributed by atoms with Crippen LogP contribution in [0.5, 0.6) is 5.75 Å². The number of hydrogen-bond acceptors (Lipinski definition) is 5. The van der Waals surface area contributed by atoms with Gasteiger partial charge < -0.3 is 25.4 Å². The van der Waals surface area contributed by atoms with Crippen LogP contribution in [-0.2, 0) is 24.3 Å². The third-order valence-electron chi connectivity index (χ3n) is 8.22. The Balaban J connectivity index is 1.49. The molecular weight excluding hydrogens is 667 g/mol. The second-order valence-corrected chi connectivity index (χ2v) is 11.5. The topological polar surface area (TPSA) is 128 Å². The molecule has 0 fully saturated rings. The highest BCUT2D eigenvalue weighted by Gasteiger charge is 2.35. The molecule has 1 heterocycles. The molecule has 0 bridgehead atoms. The third kappa shape index (κ3) is 7.36. The normalized spacial score (nSPS) is 13.9. The molecule has 3 N–H and O–H groups in total. The molecule has 1 atom stereocenters. The summed E-state index contributed by atoms with van der Waals surface area (Å²) in [4.78, 5) is 51.8. The Kier molecular flexibility index (Phi) is 10.1. The monoisotopic (exact) mass is 696 g/mol.